The van der Waals surface area contributed by atoms with Crippen LogP contribution in [0.15, 0.2) is 0 Å². The van der Waals surface area contributed by atoms with Gasteiger partial charge >= 0.3 is 11.9 Å². The first-order valence-electron chi connectivity index (χ1n) is 10.1. The SMILES string of the molecule is CC(C)(C)OC(=O)CCCNC(=O)[C@@H](N)[C@@H](N)C(=O)NCCCC(=O)OC(C)(C)C. The molecule has 0 unspecified atom stereocenters. The standard InChI is InChI=1S/C20H38N4O6/c1-19(2,3)29-13(25)9-7-11-23-17(27)15(21)16(22)18(28)24-12-8-10-14(26)30-20(4,5)6/h15-16H,7-12,21-22H2,1-6H3,(H,23,27)(H,24,28)/t15-,16+. The third kappa shape index (κ3) is 13.9. The highest BCUT2D eigenvalue weighted by Crippen LogP contribution is 2.09. The van der Waals surface area contributed by atoms with E-state index in [-0.39, 0.29) is 37.9 Å². The predicted octanol–water partition coefficient (Wildman–Crippen LogP) is 0.117. The van der Waals surface area contributed by atoms with E-state index in [4.69, 9.17) is 20.9 Å². The lowest BCUT2D eigenvalue weighted by molar-refractivity contribution is -0.156. The first kappa shape index (κ1) is 27.8. The van der Waals surface area contributed by atoms with Gasteiger partial charge in [-0.05, 0) is 54.4 Å². The summed E-state index contributed by atoms with van der Waals surface area (Å²) in [7, 11) is 0. The molecule has 0 saturated carbocycles. The second-order valence-corrected chi connectivity index (χ2v) is 9.01. The quantitative estimate of drug-likeness (QED) is 0.265. The fourth-order valence-corrected chi connectivity index (χ4v) is 2.24. The second kappa shape index (κ2) is 12.5. The van der Waals surface area contributed by atoms with Gasteiger partial charge in [-0.3, -0.25) is 19.2 Å². The van der Waals surface area contributed by atoms with Crippen molar-refractivity contribution in [3.8, 4) is 0 Å². The zero-order valence-electron chi connectivity index (χ0n) is 19.0. The summed E-state index contributed by atoms with van der Waals surface area (Å²) < 4.78 is 10.3. The third-order valence-electron chi connectivity index (χ3n) is 3.55. The van der Waals surface area contributed by atoms with Crippen molar-refractivity contribution in [1.82, 2.24) is 10.6 Å². The molecule has 0 aliphatic heterocycles. The van der Waals surface area contributed by atoms with Crippen molar-refractivity contribution < 1.29 is 28.7 Å². The summed E-state index contributed by atoms with van der Waals surface area (Å²) in [5, 5.41) is 5.09. The maximum Gasteiger partial charge on any atom is 0.306 e. The van der Waals surface area contributed by atoms with Gasteiger partial charge in [0.25, 0.3) is 0 Å². The molecule has 0 aromatic heterocycles. The van der Waals surface area contributed by atoms with Gasteiger partial charge in [0.15, 0.2) is 0 Å². The summed E-state index contributed by atoms with van der Waals surface area (Å²) in [6.45, 7) is 11.0. The van der Waals surface area contributed by atoms with Crippen LogP contribution in [0.2, 0.25) is 0 Å². The minimum absolute atomic E-state index is 0.150. The van der Waals surface area contributed by atoms with Crippen molar-refractivity contribution in [2.24, 2.45) is 11.5 Å². The molecule has 0 rings (SSSR count). The van der Waals surface area contributed by atoms with Crippen LogP contribution >= 0.6 is 0 Å². The molecule has 6 N–H and O–H groups in total. The number of amides is 2. The van der Waals surface area contributed by atoms with Crippen molar-refractivity contribution in [2.75, 3.05) is 13.1 Å². The Morgan fingerprint density at radius 3 is 1.27 bits per heavy atom. The molecule has 0 bridgehead atoms. The Kier molecular flexibility index (Phi) is 11.6. The highest BCUT2D eigenvalue weighted by atomic mass is 16.6. The first-order valence-corrected chi connectivity index (χ1v) is 10.1. The fraction of sp³-hybridized carbons (Fsp3) is 0.800. The Bertz CT molecular complexity index is 543. The summed E-state index contributed by atoms with van der Waals surface area (Å²) in [5.41, 5.74) is 10.4. The first-order chi connectivity index (χ1) is 13.6. The van der Waals surface area contributed by atoms with Gasteiger partial charge < -0.3 is 31.6 Å². The van der Waals surface area contributed by atoms with Gasteiger partial charge in [0.2, 0.25) is 11.8 Å². The minimum Gasteiger partial charge on any atom is -0.460 e. The normalized spacial score (nSPS) is 13.7. The van der Waals surface area contributed by atoms with Crippen LogP contribution in [0.1, 0.15) is 67.2 Å². The van der Waals surface area contributed by atoms with Gasteiger partial charge in [-0.2, -0.15) is 0 Å². The molecule has 0 aliphatic carbocycles. The lowest BCUT2D eigenvalue weighted by Crippen LogP contribution is -2.58. The topological polar surface area (TPSA) is 163 Å². The Labute approximate surface area is 178 Å². The van der Waals surface area contributed by atoms with Crippen LogP contribution in [0, 0.1) is 0 Å². The van der Waals surface area contributed by atoms with Crippen LogP contribution in [0.4, 0.5) is 0 Å². The molecule has 0 heterocycles. The average molecular weight is 431 g/mol. The number of carbonyl (C=O) groups is 4. The van der Waals surface area contributed by atoms with Crippen molar-refractivity contribution in [3.05, 3.63) is 0 Å². The maximum atomic E-state index is 12.0. The van der Waals surface area contributed by atoms with E-state index in [0.717, 1.165) is 0 Å². The Hall–Kier alpha value is -2.20. The maximum absolute atomic E-state index is 12.0. The Morgan fingerprint density at radius 1 is 0.700 bits per heavy atom. The minimum atomic E-state index is -1.24. The molecule has 0 spiro atoms. The van der Waals surface area contributed by atoms with Crippen molar-refractivity contribution >= 4 is 23.8 Å². The Balaban J connectivity index is 4.12. The molecule has 10 heteroatoms. The van der Waals surface area contributed by atoms with Crippen LogP contribution in [-0.4, -0.2) is 60.1 Å². The van der Waals surface area contributed by atoms with Crippen molar-refractivity contribution in [3.63, 3.8) is 0 Å². The van der Waals surface area contributed by atoms with Gasteiger partial charge in [-0.15, -0.1) is 0 Å². The predicted molar refractivity (Wildman–Crippen MR) is 112 cm³/mol. The van der Waals surface area contributed by atoms with Crippen LogP contribution < -0.4 is 22.1 Å². The van der Waals surface area contributed by atoms with E-state index in [9.17, 15) is 19.2 Å². The highest BCUT2D eigenvalue weighted by molar-refractivity contribution is 5.92. The number of nitrogens with one attached hydrogen (secondary N) is 2. The molecular formula is C20H38N4O6. The third-order valence-corrected chi connectivity index (χ3v) is 3.55. The highest BCUT2D eigenvalue weighted by Gasteiger charge is 2.27. The summed E-state index contributed by atoms with van der Waals surface area (Å²) in [6, 6.07) is -2.48. The van der Waals surface area contributed by atoms with Gasteiger partial charge in [0.1, 0.15) is 23.3 Å². The summed E-state index contributed by atoms with van der Waals surface area (Å²) in [4.78, 5) is 47.3. The monoisotopic (exact) mass is 430 g/mol. The van der Waals surface area contributed by atoms with E-state index < -0.39 is 35.1 Å². The van der Waals surface area contributed by atoms with Crippen LogP contribution in [-0.2, 0) is 28.7 Å². The Morgan fingerprint density at radius 2 is 1.00 bits per heavy atom. The van der Waals surface area contributed by atoms with Gasteiger partial charge in [-0.25, -0.2) is 0 Å². The van der Waals surface area contributed by atoms with Crippen LogP contribution in [0.25, 0.3) is 0 Å². The largest absolute Gasteiger partial charge is 0.460 e. The zero-order valence-corrected chi connectivity index (χ0v) is 19.0. The van der Waals surface area contributed by atoms with Crippen LogP contribution in [0.3, 0.4) is 0 Å². The molecule has 30 heavy (non-hydrogen) atoms. The number of hydrogen-bond donors (Lipinski definition) is 4. The second-order valence-electron chi connectivity index (χ2n) is 9.01. The van der Waals surface area contributed by atoms with E-state index in [1.807, 2.05) is 0 Å². The molecule has 0 aromatic rings. The van der Waals surface area contributed by atoms with E-state index in [2.05, 4.69) is 10.6 Å². The van der Waals surface area contributed by atoms with Gasteiger partial charge in [-0.1, -0.05) is 0 Å². The van der Waals surface area contributed by atoms with E-state index in [0.29, 0.717) is 12.8 Å². The van der Waals surface area contributed by atoms with E-state index in [1.54, 1.807) is 41.5 Å². The van der Waals surface area contributed by atoms with Crippen molar-refractivity contribution in [1.29, 1.82) is 0 Å². The van der Waals surface area contributed by atoms with Crippen LogP contribution in [0.5, 0.6) is 0 Å². The molecule has 0 aliphatic rings. The molecule has 0 aromatic carbocycles. The van der Waals surface area contributed by atoms with Gasteiger partial charge in [0, 0.05) is 25.9 Å². The molecule has 0 saturated heterocycles. The smallest absolute Gasteiger partial charge is 0.306 e. The summed E-state index contributed by atoms with van der Waals surface area (Å²) in [6.07, 6.45) is 1.05. The molecule has 0 fully saturated rings. The fourth-order valence-electron chi connectivity index (χ4n) is 2.24. The average Bonchev–Trinajstić information content (AvgIpc) is 2.57. The summed E-state index contributed by atoms with van der Waals surface area (Å²) >= 11 is 0. The number of carbonyl (C=O) groups excluding carboxylic acids is 4. The van der Waals surface area contributed by atoms with Gasteiger partial charge in [0.05, 0.1) is 0 Å². The number of rotatable bonds is 11. The molecular weight excluding hydrogens is 392 g/mol. The zero-order chi connectivity index (χ0) is 23.5. The molecule has 174 valence electrons. The van der Waals surface area contributed by atoms with Crippen molar-refractivity contribution in [2.45, 2.75) is 90.5 Å². The molecule has 10 nitrogen and oxygen atoms in total. The number of hydrogen-bond acceptors (Lipinski definition) is 8. The molecule has 2 atom stereocenters. The lowest BCUT2D eigenvalue weighted by Gasteiger charge is -2.20. The molecule has 2 amide bonds. The molecule has 0 radical (unpaired) electrons. The summed E-state index contributed by atoms with van der Waals surface area (Å²) in [5.74, 6) is -1.89. The number of ether oxygens (including phenoxy) is 2. The lowest BCUT2D eigenvalue weighted by atomic mass is 10.1. The van der Waals surface area contributed by atoms with E-state index in [1.165, 1.54) is 0 Å². The number of nitrogens with two attached hydrogens (primary N) is 2. The van der Waals surface area contributed by atoms with E-state index >= 15 is 0 Å². The number of esters is 2.